The molecule has 1 aliphatic rings. The molecule has 6 heteroatoms. The highest BCUT2D eigenvalue weighted by Gasteiger charge is 2.26. The largest absolute Gasteiger partial charge is 0.493 e. The molecule has 0 bridgehead atoms. The fourth-order valence-electron chi connectivity index (χ4n) is 3.51. The third-order valence-electron chi connectivity index (χ3n) is 5.21. The Morgan fingerprint density at radius 1 is 1.22 bits per heavy atom. The van der Waals surface area contributed by atoms with Crippen LogP contribution in [0.1, 0.15) is 45.6 Å². The molecule has 5 nitrogen and oxygen atoms in total. The maximum Gasteiger partial charge on any atom is 0.191 e. The second-order valence-electron chi connectivity index (χ2n) is 7.61. The molecule has 27 heavy (non-hydrogen) atoms. The van der Waals surface area contributed by atoms with Gasteiger partial charge in [0.1, 0.15) is 0 Å². The minimum Gasteiger partial charge on any atom is -0.493 e. The molecule has 2 atom stereocenters. The molecule has 1 aromatic rings. The van der Waals surface area contributed by atoms with Crippen molar-refractivity contribution < 1.29 is 9.47 Å². The number of hydrogen-bond acceptors (Lipinski definition) is 4. The SMILES string of the molecule is CCSC1CCC(NC(=NC)NCC(C)(C)c2ccc(OC)c(OC)c2)C1. The Kier molecular flexibility index (Phi) is 8.14. The first-order valence-electron chi connectivity index (χ1n) is 9.74. The van der Waals surface area contributed by atoms with Crippen molar-refractivity contribution in [3.63, 3.8) is 0 Å². The van der Waals surface area contributed by atoms with Gasteiger partial charge < -0.3 is 20.1 Å². The highest BCUT2D eigenvalue weighted by Crippen LogP contribution is 2.33. The number of guanidine groups is 1. The van der Waals surface area contributed by atoms with Crippen LogP contribution < -0.4 is 20.1 Å². The van der Waals surface area contributed by atoms with Crippen LogP contribution in [0.3, 0.4) is 0 Å². The van der Waals surface area contributed by atoms with E-state index >= 15 is 0 Å². The predicted molar refractivity (Wildman–Crippen MR) is 117 cm³/mol. The molecule has 1 fully saturated rings. The molecule has 0 spiro atoms. The van der Waals surface area contributed by atoms with E-state index in [-0.39, 0.29) is 5.41 Å². The van der Waals surface area contributed by atoms with E-state index in [2.05, 4.69) is 60.3 Å². The first-order valence-corrected chi connectivity index (χ1v) is 10.8. The van der Waals surface area contributed by atoms with Crippen molar-refractivity contribution in [1.82, 2.24) is 10.6 Å². The second kappa shape index (κ2) is 10.1. The quantitative estimate of drug-likeness (QED) is 0.519. The van der Waals surface area contributed by atoms with E-state index in [9.17, 15) is 0 Å². The van der Waals surface area contributed by atoms with Gasteiger partial charge in [-0.15, -0.1) is 0 Å². The fourth-order valence-corrected chi connectivity index (χ4v) is 4.65. The topological polar surface area (TPSA) is 54.9 Å². The van der Waals surface area contributed by atoms with Gasteiger partial charge in [0.15, 0.2) is 17.5 Å². The van der Waals surface area contributed by atoms with Crippen molar-refractivity contribution in [2.24, 2.45) is 4.99 Å². The van der Waals surface area contributed by atoms with Crippen LogP contribution in [0.2, 0.25) is 0 Å². The van der Waals surface area contributed by atoms with Gasteiger partial charge in [-0.2, -0.15) is 11.8 Å². The number of nitrogens with zero attached hydrogens (tertiary/aromatic N) is 1. The number of methoxy groups -OCH3 is 2. The Morgan fingerprint density at radius 3 is 2.59 bits per heavy atom. The average Bonchev–Trinajstić information content (AvgIpc) is 3.11. The summed E-state index contributed by atoms with van der Waals surface area (Å²) >= 11 is 2.08. The summed E-state index contributed by atoms with van der Waals surface area (Å²) in [6.07, 6.45) is 3.74. The molecule has 2 rings (SSSR count). The normalized spacial score (nSPS) is 20.4. The molecule has 0 aliphatic heterocycles. The maximum absolute atomic E-state index is 5.45. The number of benzene rings is 1. The van der Waals surface area contributed by atoms with Gasteiger partial charge in [0.25, 0.3) is 0 Å². The summed E-state index contributed by atoms with van der Waals surface area (Å²) < 4.78 is 10.8. The Morgan fingerprint density at radius 2 is 1.96 bits per heavy atom. The molecule has 0 saturated heterocycles. The molecule has 1 saturated carbocycles. The van der Waals surface area contributed by atoms with E-state index in [4.69, 9.17) is 9.47 Å². The van der Waals surface area contributed by atoms with E-state index in [0.717, 1.165) is 29.3 Å². The van der Waals surface area contributed by atoms with Gasteiger partial charge in [0.2, 0.25) is 0 Å². The Bertz CT molecular complexity index is 634. The molecule has 1 aliphatic carbocycles. The fraction of sp³-hybridized carbons (Fsp3) is 0.667. The van der Waals surface area contributed by atoms with Crippen LogP contribution in [0.5, 0.6) is 11.5 Å². The predicted octanol–water partition coefficient (Wildman–Crippen LogP) is 3.82. The molecule has 2 unspecified atom stereocenters. The van der Waals surface area contributed by atoms with Crippen LogP contribution in [0.4, 0.5) is 0 Å². The van der Waals surface area contributed by atoms with E-state index in [1.165, 1.54) is 30.6 Å². The van der Waals surface area contributed by atoms with Crippen molar-refractivity contribution in [3.05, 3.63) is 23.8 Å². The highest BCUT2D eigenvalue weighted by atomic mass is 32.2. The average molecular weight is 394 g/mol. The summed E-state index contributed by atoms with van der Waals surface area (Å²) in [6.45, 7) is 7.46. The van der Waals surface area contributed by atoms with Gasteiger partial charge in [0.05, 0.1) is 14.2 Å². The van der Waals surface area contributed by atoms with E-state index in [1.807, 2.05) is 13.1 Å². The number of hydrogen-bond donors (Lipinski definition) is 2. The molecular weight excluding hydrogens is 358 g/mol. The van der Waals surface area contributed by atoms with E-state index in [1.54, 1.807) is 14.2 Å². The number of nitrogens with one attached hydrogen (secondary N) is 2. The van der Waals surface area contributed by atoms with Gasteiger partial charge in [-0.3, -0.25) is 4.99 Å². The van der Waals surface area contributed by atoms with Crippen LogP contribution in [-0.2, 0) is 5.41 Å². The minimum absolute atomic E-state index is 0.0759. The number of thioether (sulfide) groups is 1. The number of aliphatic imine (C=N–C) groups is 1. The van der Waals surface area contributed by atoms with E-state index in [0.29, 0.717) is 6.04 Å². The summed E-state index contributed by atoms with van der Waals surface area (Å²) in [5.41, 5.74) is 1.12. The van der Waals surface area contributed by atoms with Crippen LogP contribution in [-0.4, -0.2) is 50.8 Å². The maximum atomic E-state index is 5.45. The highest BCUT2D eigenvalue weighted by molar-refractivity contribution is 7.99. The van der Waals surface area contributed by atoms with Crippen molar-refractivity contribution in [3.8, 4) is 11.5 Å². The van der Waals surface area contributed by atoms with E-state index < -0.39 is 0 Å². The Labute approximate surface area is 168 Å². The molecule has 0 radical (unpaired) electrons. The Hall–Kier alpha value is -1.56. The zero-order chi connectivity index (χ0) is 19.9. The zero-order valence-electron chi connectivity index (χ0n) is 17.6. The molecule has 0 heterocycles. The van der Waals surface area contributed by atoms with Crippen LogP contribution in [0.15, 0.2) is 23.2 Å². The smallest absolute Gasteiger partial charge is 0.191 e. The summed E-state index contributed by atoms with van der Waals surface area (Å²) in [5, 5.41) is 7.89. The van der Waals surface area contributed by atoms with Crippen LogP contribution in [0.25, 0.3) is 0 Å². The summed E-state index contributed by atoms with van der Waals surface area (Å²) in [6, 6.07) is 6.64. The summed E-state index contributed by atoms with van der Waals surface area (Å²) in [7, 11) is 5.17. The summed E-state index contributed by atoms with van der Waals surface area (Å²) in [4.78, 5) is 4.42. The van der Waals surface area contributed by atoms with Crippen LogP contribution in [0, 0.1) is 0 Å². The van der Waals surface area contributed by atoms with Gasteiger partial charge >= 0.3 is 0 Å². The number of rotatable bonds is 8. The number of ether oxygens (including phenoxy) is 2. The summed E-state index contributed by atoms with van der Waals surface area (Å²) in [5.74, 6) is 3.60. The molecular formula is C21H35N3O2S. The molecule has 152 valence electrons. The molecule has 1 aromatic carbocycles. The Balaban J connectivity index is 1.95. The van der Waals surface area contributed by atoms with Crippen molar-refractivity contribution in [2.75, 3.05) is 33.6 Å². The van der Waals surface area contributed by atoms with Gasteiger partial charge in [-0.1, -0.05) is 26.8 Å². The molecule has 0 amide bonds. The molecule has 2 N–H and O–H groups in total. The van der Waals surface area contributed by atoms with Gasteiger partial charge in [-0.05, 0) is 42.7 Å². The first-order chi connectivity index (χ1) is 12.9. The van der Waals surface area contributed by atoms with Gasteiger partial charge in [-0.25, -0.2) is 0 Å². The first kappa shape index (κ1) is 21.7. The zero-order valence-corrected chi connectivity index (χ0v) is 18.4. The van der Waals surface area contributed by atoms with Crippen molar-refractivity contribution in [2.45, 2.75) is 56.7 Å². The lowest BCUT2D eigenvalue weighted by Gasteiger charge is -2.28. The standard InChI is InChI=1S/C21H35N3O2S/c1-7-27-17-10-9-16(13-17)24-20(22-4)23-14-21(2,3)15-8-11-18(25-5)19(12-15)26-6/h8,11-12,16-17H,7,9-10,13-14H2,1-6H3,(H2,22,23,24). The third kappa shape index (κ3) is 5.96. The monoisotopic (exact) mass is 393 g/mol. The van der Waals surface area contributed by atoms with Gasteiger partial charge in [0, 0.05) is 30.3 Å². The lowest BCUT2D eigenvalue weighted by atomic mass is 9.84. The van der Waals surface area contributed by atoms with Crippen molar-refractivity contribution in [1.29, 1.82) is 0 Å². The lowest BCUT2D eigenvalue weighted by Crippen LogP contribution is -2.46. The lowest BCUT2D eigenvalue weighted by molar-refractivity contribution is 0.353. The minimum atomic E-state index is -0.0759. The third-order valence-corrected chi connectivity index (χ3v) is 6.45. The second-order valence-corrected chi connectivity index (χ2v) is 9.19. The van der Waals surface area contributed by atoms with Crippen LogP contribution >= 0.6 is 11.8 Å². The van der Waals surface area contributed by atoms with Crippen molar-refractivity contribution >= 4 is 17.7 Å². The molecule has 0 aromatic heterocycles.